The summed E-state index contributed by atoms with van der Waals surface area (Å²) in [6, 6.07) is -16.2. The first kappa shape index (κ1) is 67.5. The first-order valence-electron chi connectivity index (χ1n) is 26.8. The number of carbonyl (C=O) groups is 11. The van der Waals surface area contributed by atoms with E-state index in [0.717, 1.165) is 50.3 Å². The van der Waals surface area contributed by atoms with Crippen LogP contribution in [0.25, 0.3) is 0 Å². The summed E-state index contributed by atoms with van der Waals surface area (Å²) in [6.07, 6.45) is -7.48. The largest absolute Gasteiger partial charge is 0.479 e. The lowest BCUT2D eigenvalue weighted by Gasteiger charge is -2.32. The SMILES string of the molecule is CC(C)CCCCCCCCC[C@H]1CC(=O)N[C@@H]([C@@H](C)O)C(=O)N[C@H](C)C(=O)N2CC[C@H](O)[C@H]2C(=O)N[C@H](CCCN=C(N)N)C(=O)N[C@@H]([C@@H](O)C(=O)O)C(=O)N[C@@H](CO)C(=O)N2CC[C@H](O)[C@H]2C(=O)N[C@H]([C@H](O)C(=O)O)C(=O)O1. The van der Waals surface area contributed by atoms with E-state index in [-0.39, 0.29) is 44.7 Å². The maximum absolute atomic E-state index is 14.1. The number of hydrogen-bond donors (Lipinski definition) is 16. The molecular weight excluding hydrogens is 1060 g/mol. The Hall–Kier alpha value is -6.80. The van der Waals surface area contributed by atoms with Crippen LogP contribution in [0, 0.1) is 5.92 Å². The van der Waals surface area contributed by atoms with E-state index in [9.17, 15) is 93.6 Å². The third kappa shape index (κ3) is 20.1. The maximum Gasteiger partial charge on any atom is 0.335 e. The van der Waals surface area contributed by atoms with Gasteiger partial charge in [-0.15, -0.1) is 0 Å². The molecule has 0 aromatic carbocycles. The lowest BCUT2D eigenvalue weighted by atomic mass is 10.0. The second-order valence-electron chi connectivity index (χ2n) is 20.7. The van der Waals surface area contributed by atoms with Gasteiger partial charge < -0.3 is 98.8 Å². The lowest BCUT2D eigenvalue weighted by molar-refractivity contribution is -0.165. The van der Waals surface area contributed by atoms with Crippen LogP contribution in [0.1, 0.15) is 118 Å². The van der Waals surface area contributed by atoms with Crippen molar-refractivity contribution in [2.45, 2.75) is 203 Å². The van der Waals surface area contributed by atoms with Crippen LogP contribution in [-0.4, -0.2) is 233 Å². The molecule has 31 heteroatoms. The molecule has 3 saturated heterocycles. The zero-order valence-corrected chi connectivity index (χ0v) is 45.4. The number of aliphatic imine (C=N–C) groups is 1. The molecule has 3 rings (SSSR count). The molecule has 14 atom stereocenters. The Morgan fingerprint density at radius 1 is 0.625 bits per heavy atom. The van der Waals surface area contributed by atoms with Gasteiger partial charge in [0, 0.05) is 19.6 Å². The molecule has 0 saturated carbocycles. The monoisotopic (exact) mass is 1140 g/mol. The highest BCUT2D eigenvalue weighted by Crippen LogP contribution is 2.23. The Kier molecular flexibility index (Phi) is 27.4. The molecule has 3 fully saturated rings. The number of unbranched alkanes of at least 4 members (excludes halogenated alkanes) is 6. The van der Waals surface area contributed by atoms with Gasteiger partial charge in [0.2, 0.25) is 47.3 Å². The molecule has 0 bridgehead atoms. The molecule has 0 aliphatic carbocycles. The molecule has 452 valence electrons. The third-order valence-electron chi connectivity index (χ3n) is 13.8. The summed E-state index contributed by atoms with van der Waals surface area (Å²) < 4.78 is 5.59. The number of cyclic esters (lactones) is 1. The predicted molar refractivity (Wildman–Crippen MR) is 276 cm³/mol. The molecular formula is C49H81N11O20. The van der Waals surface area contributed by atoms with E-state index in [0.29, 0.717) is 23.7 Å². The fraction of sp³-hybridized carbons (Fsp3) is 0.755. The number of aliphatic hydroxyl groups is 6. The Labute approximate surface area is 461 Å². The van der Waals surface area contributed by atoms with Crippen LogP contribution in [-0.2, 0) is 57.5 Å². The number of rotatable bonds is 20. The van der Waals surface area contributed by atoms with Crippen LogP contribution < -0.4 is 43.4 Å². The number of aliphatic carboxylic acids is 2. The number of carboxylic acids is 2. The molecule has 0 radical (unpaired) electrons. The minimum absolute atomic E-state index is 0.0749. The van der Waals surface area contributed by atoms with E-state index in [1.807, 2.05) is 16.0 Å². The van der Waals surface area contributed by atoms with E-state index < -0.39 is 176 Å². The molecule has 3 heterocycles. The summed E-state index contributed by atoms with van der Waals surface area (Å²) in [5.41, 5.74) is 10.8. The first-order valence-corrected chi connectivity index (χ1v) is 26.8. The number of nitrogens with one attached hydrogen (secondary N) is 6. The first-order chi connectivity index (χ1) is 37.6. The molecule has 0 unspecified atom stereocenters. The molecule has 0 spiro atoms. The molecule has 3 aliphatic heterocycles. The average Bonchev–Trinajstić information content (AvgIpc) is 3.99. The molecule has 31 nitrogen and oxygen atoms in total. The van der Waals surface area contributed by atoms with Crippen molar-refractivity contribution in [3.8, 4) is 0 Å². The predicted octanol–water partition coefficient (Wildman–Crippen LogP) is -6.36. The summed E-state index contributed by atoms with van der Waals surface area (Å²) in [5.74, 6) is -15.8. The van der Waals surface area contributed by atoms with Crippen molar-refractivity contribution in [3.63, 3.8) is 0 Å². The number of nitrogens with zero attached hydrogens (tertiary/aromatic N) is 3. The molecule has 8 amide bonds. The Morgan fingerprint density at radius 2 is 1.12 bits per heavy atom. The van der Waals surface area contributed by atoms with E-state index in [1.165, 1.54) is 6.92 Å². The normalized spacial score (nSPS) is 28.5. The van der Waals surface area contributed by atoms with Crippen molar-refractivity contribution in [3.05, 3.63) is 0 Å². The molecule has 18 N–H and O–H groups in total. The van der Waals surface area contributed by atoms with Crippen molar-refractivity contribution in [1.29, 1.82) is 0 Å². The topological polar surface area (TPSA) is 502 Å². The average molecular weight is 1140 g/mol. The smallest absolute Gasteiger partial charge is 0.335 e. The van der Waals surface area contributed by atoms with Crippen molar-refractivity contribution >= 4 is 71.1 Å². The Morgan fingerprint density at radius 3 is 1.66 bits per heavy atom. The fourth-order valence-corrected chi connectivity index (χ4v) is 9.39. The van der Waals surface area contributed by atoms with E-state index in [2.05, 4.69) is 34.8 Å². The van der Waals surface area contributed by atoms with Crippen LogP contribution in [0.15, 0.2) is 4.99 Å². The van der Waals surface area contributed by atoms with Crippen LogP contribution in [0.4, 0.5) is 0 Å². The minimum atomic E-state index is -2.81. The van der Waals surface area contributed by atoms with Crippen LogP contribution in [0.3, 0.4) is 0 Å². The van der Waals surface area contributed by atoms with Gasteiger partial charge in [0.25, 0.3) is 0 Å². The number of esters is 1. The highest BCUT2D eigenvalue weighted by atomic mass is 16.5. The number of nitrogens with two attached hydrogens (primary N) is 2. The van der Waals surface area contributed by atoms with Crippen LogP contribution in [0.5, 0.6) is 0 Å². The summed E-state index contributed by atoms with van der Waals surface area (Å²) in [5, 5.41) is 97.2. The van der Waals surface area contributed by atoms with Crippen molar-refractivity contribution in [2.75, 3.05) is 26.2 Å². The summed E-state index contributed by atoms with van der Waals surface area (Å²) in [4.78, 5) is 155. The van der Waals surface area contributed by atoms with Crippen LogP contribution >= 0.6 is 0 Å². The molecule has 0 aromatic rings. The Balaban J connectivity index is 2.14. The van der Waals surface area contributed by atoms with E-state index in [4.69, 9.17) is 16.2 Å². The molecule has 3 aliphatic rings. The zero-order chi connectivity index (χ0) is 60.1. The summed E-state index contributed by atoms with van der Waals surface area (Å²) >= 11 is 0. The maximum atomic E-state index is 14.1. The lowest BCUT2D eigenvalue weighted by Crippen LogP contribution is -2.64. The van der Waals surface area contributed by atoms with Crippen molar-refractivity contribution in [2.24, 2.45) is 22.4 Å². The van der Waals surface area contributed by atoms with Gasteiger partial charge in [0.05, 0.1) is 31.3 Å². The minimum Gasteiger partial charge on any atom is -0.479 e. The quantitative estimate of drug-likeness (QED) is 0.0233. The Bertz CT molecular complexity index is 2220. The molecule has 0 aromatic heterocycles. The number of aliphatic hydroxyl groups excluding tert-OH is 6. The number of ether oxygens (including phenoxy) is 1. The zero-order valence-electron chi connectivity index (χ0n) is 45.4. The van der Waals surface area contributed by atoms with Crippen molar-refractivity contribution < 1.29 is 98.3 Å². The van der Waals surface area contributed by atoms with Gasteiger partial charge in [-0.3, -0.25) is 43.3 Å². The van der Waals surface area contributed by atoms with E-state index >= 15 is 0 Å². The number of carbonyl (C=O) groups excluding carboxylic acids is 9. The summed E-state index contributed by atoms with van der Waals surface area (Å²) in [6.45, 7) is 4.27. The van der Waals surface area contributed by atoms with E-state index in [1.54, 1.807) is 0 Å². The van der Waals surface area contributed by atoms with Crippen molar-refractivity contribution in [1.82, 2.24) is 41.7 Å². The fourth-order valence-electron chi connectivity index (χ4n) is 9.39. The molecule has 80 heavy (non-hydrogen) atoms. The van der Waals surface area contributed by atoms with Gasteiger partial charge >= 0.3 is 17.9 Å². The number of carboxylic acid groups (broad SMARTS) is 2. The number of amides is 8. The van der Waals surface area contributed by atoms with Crippen LogP contribution in [0.2, 0.25) is 0 Å². The number of fused-ring (bicyclic) bond motifs is 2. The van der Waals surface area contributed by atoms with Gasteiger partial charge in [0.1, 0.15) is 48.4 Å². The standard InChI is InChI=1S/C49H81N11O20/c1-23(2)13-10-8-6-5-7-9-11-14-26-21-31(65)56-32(25(4)62)40(69)53-24(3)44(73)59-19-16-29(63)35(59)42(71)54-27(15-12-18-52-49(50)51)39(68)57-33(37(66)46(75)76)41(70)55-28(22-61)45(74)60-20-17-30(64)36(60)43(72)58-34(48(79)80-26)38(67)47(77)78/h23-30,32-38,61-64,66-67H,5-22H2,1-4H3,(H,53,69)(H,54,71)(H,55,70)(H,56,65)(H,57,68)(H,58,72)(H,75,76)(H,77,78)(H4,50,51,52)/t24-,25-,26+,27-,28+,29+,30+,32+,33+,34-,35+,36+,37-,38+/m1/s1. The van der Waals surface area contributed by atoms with Gasteiger partial charge in [-0.2, -0.15) is 0 Å². The highest BCUT2D eigenvalue weighted by Gasteiger charge is 2.48. The van der Waals surface area contributed by atoms with Gasteiger partial charge in [0.15, 0.2) is 24.2 Å². The number of hydrogen-bond acceptors (Lipinski definition) is 19. The summed E-state index contributed by atoms with van der Waals surface area (Å²) in [7, 11) is 0. The van der Waals surface area contributed by atoms with Gasteiger partial charge in [-0.05, 0) is 58.3 Å². The second-order valence-corrected chi connectivity index (χ2v) is 20.7. The highest BCUT2D eigenvalue weighted by molar-refractivity contribution is 6.00. The third-order valence-corrected chi connectivity index (χ3v) is 13.8. The van der Waals surface area contributed by atoms with Gasteiger partial charge in [-0.25, -0.2) is 14.4 Å². The number of guanidine groups is 1. The van der Waals surface area contributed by atoms with Gasteiger partial charge in [-0.1, -0.05) is 58.8 Å². The second kappa shape index (κ2) is 32.5.